The average Bonchev–Trinajstić information content (AvgIpc) is 2.38. The van der Waals surface area contributed by atoms with Gasteiger partial charge < -0.3 is 0 Å². The van der Waals surface area contributed by atoms with E-state index >= 15 is 0 Å². The third kappa shape index (κ3) is 3.10. The van der Waals surface area contributed by atoms with E-state index in [-0.39, 0.29) is 5.56 Å². The van der Waals surface area contributed by atoms with Gasteiger partial charge in [-0.15, -0.1) is 11.6 Å². The van der Waals surface area contributed by atoms with Crippen LogP contribution in [0.4, 0.5) is 22.0 Å². The van der Waals surface area contributed by atoms with Crippen LogP contribution in [0.2, 0.25) is 0 Å². The summed E-state index contributed by atoms with van der Waals surface area (Å²) in [6.07, 6.45) is -4.58. The van der Waals surface area contributed by atoms with Crippen molar-refractivity contribution in [2.24, 2.45) is 0 Å². The Kier molecular flexibility index (Phi) is 3.99. The van der Waals surface area contributed by atoms with E-state index in [1.807, 2.05) is 0 Å². The monoisotopic (exact) mass is 306 g/mol. The first-order chi connectivity index (χ1) is 9.29. The minimum atomic E-state index is -4.58. The molecular weight excluding hydrogens is 299 g/mol. The van der Waals surface area contributed by atoms with Crippen LogP contribution in [0.5, 0.6) is 0 Å². The van der Waals surface area contributed by atoms with E-state index in [2.05, 4.69) is 0 Å². The van der Waals surface area contributed by atoms with Gasteiger partial charge in [-0.2, -0.15) is 13.2 Å². The van der Waals surface area contributed by atoms with E-state index in [1.165, 1.54) is 12.1 Å². The Morgan fingerprint density at radius 2 is 1.50 bits per heavy atom. The SMILES string of the molecule is Fc1ccc(C(Cl)c2cc(C(F)(F)F)ccc2F)cc1. The highest BCUT2D eigenvalue weighted by molar-refractivity contribution is 6.22. The molecule has 1 unspecified atom stereocenters. The molecule has 6 heteroatoms. The van der Waals surface area contributed by atoms with E-state index < -0.39 is 28.8 Å². The maximum atomic E-state index is 13.6. The molecular formula is C14H8ClF5. The van der Waals surface area contributed by atoms with E-state index in [0.29, 0.717) is 17.7 Å². The van der Waals surface area contributed by atoms with Crippen LogP contribution < -0.4 is 0 Å². The lowest BCUT2D eigenvalue weighted by atomic mass is 10.0. The van der Waals surface area contributed by atoms with Gasteiger partial charge in [-0.1, -0.05) is 12.1 Å². The minimum Gasteiger partial charge on any atom is -0.207 e. The molecule has 2 aromatic carbocycles. The highest BCUT2D eigenvalue weighted by Gasteiger charge is 2.32. The van der Waals surface area contributed by atoms with Gasteiger partial charge in [0.25, 0.3) is 0 Å². The molecule has 0 saturated heterocycles. The average molecular weight is 307 g/mol. The smallest absolute Gasteiger partial charge is 0.207 e. The number of halogens is 6. The van der Waals surface area contributed by atoms with E-state index in [1.54, 1.807) is 0 Å². The molecule has 0 N–H and O–H groups in total. The standard InChI is InChI=1S/C14H8ClF5/c15-13(8-1-4-10(16)5-2-8)11-7-9(14(18,19)20)3-6-12(11)17/h1-7,13H. The van der Waals surface area contributed by atoms with Gasteiger partial charge in [0.05, 0.1) is 10.9 Å². The van der Waals surface area contributed by atoms with Crippen molar-refractivity contribution in [2.75, 3.05) is 0 Å². The van der Waals surface area contributed by atoms with Crippen LogP contribution in [0.25, 0.3) is 0 Å². The van der Waals surface area contributed by atoms with E-state index in [0.717, 1.165) is 18.2 Å². The van der Waals surface area contributed by atoms with Crippen LogP contribution in [0.1, 0.15) is 22.1 Å². The molecule has 0 aromatic heterocycles. The first kappa shape index (κ1) is 14.8. The predicted molar refractivity (Wildman–Crippen MR) is 65.5 cm³/mol. The Labute approximate surface area is 116 Å². The van der Waals surface area contributed by atoms with Crippen molar-refractivity contribution in [1.82, 2.24) is 0 Å². The molecule has 2 rings (SSSR count). The van der Waals surface area contributed by atoms with Crippen LogP contribution in [0, 0.1) is 11.6 Å². The highest BCUT2D eigenvalue weighted by Crippen LogP contribution is 2.36. The molecule has 0 radical (unpaired) electrons. The van der Waals surface area contributed by atoms with Crippen molar-refractivity contribution < 1.29 is 22.0 Å². The summed E-state index contributed by atoms with van der Waals surface area (Å²) in [5, 5.41) is -1.13. The maximum Gasteiger partial charge on any atom is 0.416 e. The maximum absolute atomic E-state index is 13.6. The zero-order chi connectivity index (χ0) is 14.9. The van der Waals surface area contributed by atoms with Crippen LogP contribution in [0.3, 0.4) is 0 Å². The summed E-state index contributed by atoms with van der Waals surface area (Å²) < 4.78 is 64.2. The summed E-state index contributed by atoms with van der Waals surface area (Å²) in [4.78, 5) is 0. The number of alkyl halides is 4. The molecule has 0 spiro atoms. The number of hydrogen-bond acceptors (Lipinski definition) is 0. The van der Waals surface area contributed by atoms with Gasteiger partial charge in [0, 0.05) is 5.56 Å². The fourth-order valence-electron chi connectivity index (χ4n) is 1.73. The summed E-state index contributed by atoms with van der Waals surface area (Å²) in [5.74, 6) is -1.36. The molecule has 2 aromatic rings. The third-order valence-corrected chi connectivity index (χ3v) is 3.25. The lowest BCUT2D eigenvalue weighted by Crippen LogP contribution is -2.07. The van der Waals surface area contributed by atoms with Crippen molar-refractivity contribution in [3.63, 3.8) is 0 Å². The Bertz CT molecular complexity index is 604. The van der Waals surface area contributed by atoms with Crippen LogP contribution in [0.15, 0.2) is 42.5 Å². The highest BCUT2D eigenvalue weighted by atomic mass is 35.5. The van der Waals surface area contributed by atoms with Crippen molar-refractivity contribution in [2.45, 2.75) is 11.6 Å². The van der Waals surface area contributed by atoms with Crippen molar-refractivity contribution in [1.29, 1.82) is 0 Å². The molecule has 0 nitrogen and oxygen atoms in total. The lowest BCUT2D eigenvalue weighted by Gasteiger charge is -2.14. The van der Waals surface area contributed by atoms with Gasteiger partial charge in [-0.25, -0.2) is 8.78 Å². The molecule has 0 heterocycles. The second-order valence-electron chi connectivity index (χ2n) is 4.15. The van der Waals surface area contributed by atoms with E-state index in [4.69, 9.17) is 11.6 Å². The normalized spacial score (nSPS) is 13.3. The summed E-state index contributed by atoms with van der Waals surface area (Å²) in [6.45, 7) is 0. The second kappa shape index (κ2) is 5.40. The molecule has 106 valence electrons. The Balaban J connectivity index is 2.43. The molecule has 0 saturated carbocycles. The van der Waals surface area contributed by atoms with Gasteiger partial charge >= 0.3 is 6.18 Å². The lowest BCUT2D eigenvalue weighted by molar-refractivity contribution is -0.137. The predicted octanol–water partition coefficient (Wildman–Crippen LogP) is 5.31. The Morgan fingerprint density at radius 1 is 0.900 bits per heavy atom. The topological polar surface area (TPSA) is 0 Å². The van der Waals surface area contributed by atoms with Crippen LogP contribution in [-0.2, 0) is 6.18 Å². The van der Waals surface area contributed by atoms with Gasteiger partial charge in [-0.3, -0.25) is 0 Å². The van der Waals surface area contributed by atoms with Crippen LogP contribution in [-0.4, -0.2) is 0 Å². The van der Waals surface area contributed by atoms with Crippen molar-refractivity contribution in [3.8, 4) is 0 Å². The molecule has 0 aliphatic rings. The third-order valence-electron chi connectivity index (χ3n) is 2.76. The van der Waals surface area contributed by atoms with Crippen molar-refractivity contribution in [3.05, 3.63) is 70.8 Å². The molecule has 20 heavy (non-hydrogen) atoms. The van der Waals surface area contributed by atoms with Gasteiger partial charge in [0.2, 0.25) is 0 Å². The zero-order valence-electron chi connectivity index (χ0n) is 9.89. The molecule has 0 aliphatic heterocycles. The Morgan fingerprint density at radius 3 is 2.05 bits per heavy atom. The minimum absolute atomic E-state index is 0.298. The number of hydrogen-bond donors (Lipinski definition) is 0. The molecule has 0 bridgehead atoms. The summed E-state index contributed by atoms with van der Waals surface area (Å²) in [7, 11) is 0. The molecule has 0 aliphatic carbocycles. The van der Waals surface area contributed by atoms with Gasteiger partial charge in [0.15, 0.2) is 0 Å². The summed E-state index contributed by atoms with van der Waals surface area (Å²) in [6, 6.07) is 6.84. The second-order valence-corrected chi connectivity index (χ2v) is 4.58. The van der Waals surface area contributed by atoms with Crippen molar-refractivity contribution >= 4 is 11.6 Å². The summed E-state index contributed by atoms with van der Waals surface area (Å²) in [5.41, 5.74) is -0.971. The largest absolute Gasteiger partial charge is 0.416 e. The quantitative estimate of drug-likeness (QED) is 0.521. The first-order valence-electron chi connectivity index (χ1n) is 5.55. The summed E-state index contributed by atoms with van der Waals surface area (Å²) >= 11 is 5.98. The van der Waals surface area contributed by atoms with Gasteiger partial charge in [0.1, 0.15) is 11.6 Å². The number of rotatable bonds is 2. The van der Waals surface area contributed by atoms with Gasteiger partial charge in [-0.05, 0) is 35.9 Å². The fraction of sp³-hybridized carbons (Fsp3) is 0.143. The first-order valence-corrected chi connectivity index (χ1v) is 5.99. The van der Waals surface area contributed by atoms with E-state index in [9.17, 15) is 22.0 Å². The Hall–Kier alpha value is -1.62. The van der Waals surface area contributed by atoms with Crippen LogP contribution >= 0.6 is 11.6 Å². The molecule has 0 amide bonds. The fourth-order valence-corrected chi connectivity index (χ4v) is 2.04. The molecule has 0 fully saturated rings. The zero-order valence-corrected chi connectivity index (χ0v) is 10.6. The molecule has 1 atom stereocenters. The number of benzene rings is 2.